The van der Waals surface area contributed by atoms with Crippen molar-refractivity contribution in [2.75, 3.05) is 18.5 Å². The van der Waals surface area contributed by atoms with Gasteiger partial charge in [0.15, 0.2) is 0 Å². The summed E-state index contributed by atoms with van der Waals surface area (Å²) in [5, 5.41) is 0.750. The minimum Gasteiger partial charge on any atom is -0.366 e. The largest absolute Gasteiger partial charge is 0.366 e. The van der Waals surface area contributed by atoms with Crippen LogP contribution in [0.3, 0.4) is 0 Å². The summed E-state index contributed by atoms with van der Waals surface area (Å²) in [5.41, 5.74) is 9.66. The Kier molecular flexibility index (Phi) is 5.05. The summed E-state index contributed by atoms with van der Waals surface area (Å²) in [6, 6.07) is 16.7. The molecule has 2 nitrogen and oxygen atoms in total. The van der Waals surface area contributed by atoms with E-state index in [0.717, 1.165) is 11.4 Å². The highest BCUT2D eigenvalue weighted by Gasteiger charge is 2.15. The summed E-state index contributed by atoms with van der Waals surface area (Å²) < 4.78 is 0. The van der Waals surface area contributed by atoms with E-state index >= 15 is 0 Å². The van der Waals surface area contributed by atoms with Crippen molar-refractivity contribution in [2.45, 2.75) is 19.4 Å². The molecule has 2 aromatic rings. The van der Waals surface area contributed by atoms with Gasteiger partial charge in [-0.1, -0.05) is 42.8 Å². The zero-order chi connectivity index (χ0) is 14.5. The first-order valence-electron chi connectivity index (χ1n) is 6.93. The Labute approximate surface area is 126 Å². The summed E-state index contributed by atoms with van der Waals surface area (Å²) >= 11 is 5.94. The molecule has 2 N–H and O–H groups in total. The lowest BCUT2D eigenvalue weighted by atomic mass is 10.0. The predicted molar refractivity (Wildman–Crippen MR) is 87.5 cm³/mol. The average Bonchev–Trinajstić information content (AvgIpc) is 2.50. The van der Waals surface area contributed by atoms with Crippen molar-refractivity contribution < 1.29 is 0 Å². The molecule has 106 valence electrons. The number of aryl methyl sites for hydroxylation is 1. The molecule has 0 saturated carbocycles. The van der Waals surface area contributed by atoms with Crippen LogP contribution in [0, 0.1) is 0 Å². The number of nitrogens with zero attached hydrogens (tertiary/aromatic N) is 1. The fraction of sp³-hybridized carbons (Fsp3) is 0.294. The zero-order valence-corrected chi connectivity index (χ0v) is 12.8. The van der Waals surface area contributed by atoms with Crippen LogP contribution in [0.5, 0.6) is 0 Å². The molecule has 0 amide bonds. The van der Waals surface area contributed by atoms with E-state index in [2.05, 4.69) is 43.1 Å². The Balaban J connectivity index is 2.23. The summed E-state index contributed by atoms with van der Waals surface area (Å²) in [6.07, 6.45) is 1.06. The normalized spacial score (nSPS) is 12.2. The first-order chi connectivity index (χ1) is 9.65. The molecule has 3 heteroatoms. The second-order valence-electron chi connectivity index (χ2n) is 4.93. The van der Waals surface area contributed by atoms with Gasteiger partial charge in [0.05, 0.1) is 6.04 Å². The summed E-state index contributed by atoms with van der Waals surface area (Å²) in [5.74, 6) is 0. The molecule has 2 aromatic carbocycles. The standard InChI is InChI=1S/C17H21ClN2/c1-3-13-4-10-16(11-5-13)20(2)17(12-19)14-6-8-15(18)9-7-14/h4-11,17H,3,12,19H2,1-2H3. The van der Waals surface area contributed by atoms with Crippen LogP contribution in [0.4, 0.5) is 5.69 Å². The maximum Gasteiger partial charge on any atom is 0.0661 e. The van der Waals surface area contributed by atoms with E-state index in [9.17, 15) is 0 Å². The summed E-state index contributed by atoms with van der Waals surface area (Å²) in [6.45, 7) is 2.72. The highest BCUT2D eigenvalue weighted by molar-refractivity contribution is 6.30. The van der Waals surface area contributed by atoms with E-state index in [-0.39, 0.29) is 6.04 Å². The van der Waals surface area contributed by atoms with Gasteiger partial charge in [0.1, 0.15) is 0 Å². The molecule has 0 bridgehead atoms. The third kappa shape index (κ3) is 3.33. The van der Waals surface area contributed by atoms with Crippen molar-refractivity contribution in [1.82, 2.24) is 0 Å². The molecule has 1 atom stereocenters. The Hall–Kier alpha value is -1.51. The van der Waals surface area contributed by atoms with Crippen LogP contribution in [0.15, 0.2) is 48.5 Å². The number of benzene rings is 2. The number of hydrogen-bond donors (Lipinski definition) is 1. The number of likely N-dealkylation sites (N-methyl/N-ethyl adjacent to an activating group) is 1. The number of rotatable bonds is 5. The molecule has 0 fully saturated rings. The van der Waals surface area contributed by atoms with Crippen LogP contribution < -0.4 is 10.6 Å². The zero-order valence-electron chi connectivity index (χ0n) is 12.0. The third-order valence-electron chi connectivity index (χ3n) is 3.70. The lowest BCUT2D eigenvalue weighted by molar-refractivity contribution is 0.680. The van der Waals surface area contributed by atoms with Crippen molar-refractivity contribution in [3.63, 3.8) is 0 Å². The summed E-state index contributed by atoms with van der Waals surface area (Å²) in [4.78, 5) is 2.21. The smallest absolute Gasteiger partial charge is 0.0661 e. The number of halogens is 1. The second kappa shape index (κ2) is 6.78. The molecular formula is C17H21ClN2. The van der Waals surface area contributed by atoms with Gasteiger partial charge in [-0.25, -0.2) is 0 Å². The minimum atomic E-state index is 0.153. The predicted octanol–water partition coefficient (Wildman–Crippen LogP) is 4.04. The van der Waals surface area contributed by atoms with Gasteiger partial charge in [-0.05, 0) is 41.8 Å². The topological polar surface area (TPSA) is 29.3 Å². The van der Waals surface area contributed by atoms with E-state index in [1.807, 2.05) is 24.3 Å². The Bertz CT molecular complexity index is 534. The number of nitrogens with two attached hydrogens (primary N) is 1. The Morgan fingerprint density at radius 1 is 1.05 bits per heavy atom. The third-order valence-corrected chi connectivity index (χ3v) is 3.95. The van der Waals surface area contributed by atoms with E-state index in [0.29, 0.717) is 6.54 Å². The molecule has 0 spiro atoms. The first-order valence-corrected chi connectivity index (χ1v) is 7.30. The molecular weight excluding hydrogens is 268 g/mol. The Morgan fingerprint density at radius 2 is 1.65 bits per heavy atom. The molecule has 0 radical (unpaired) electrons. The highest BCUT2D eigenvalue weighted by Crippen LogP contribution is 2.26. The minimum absolute atomic E-state index is 0.153. The number of hydrogen-bond acceptors (Lipinski definition) is 2. The second-order valence-corrected chi connectivity index (χ2v) is 5.37. The van der Waals surface area contributed by atoms with Crippen LogP contribution in [-0.2, 0) is 6.42 Å². The summed E-state index contributed by atoms with van der Waals surface area (Å²) in [7, 11) is 2.08. The van der Waals surface area contributed by atoms with Gasteiger partial charge in [-0.15, -0.1) is 0 Å². The number of anilines is 1. The lowest BCUT2D eigenvalue weighted by Gasteiger charge is -2.29. The first kappa shape index (κ1) is 14.9. The van der Waals surface area contributed by atoms with Gasteiger partial charge < -0.3 is 10.6 Å². The average molecular weight is 289 g/mol. The van der Waals surface area contributed by atoms with Gasteiger partial charge in [0, 0.05) is 24.3 Å². The van der Waals surface area contributed by atoms with Crippen LogP contribution in [0.1, 0.15) is 24.1 Å². The molecule has 0 saturated heterocycles. The quantitative estimate of drug-likeness (QED) is 0.900. The highest BCUT2D eigenvalue weighted by atomic mass is 35.5. The van der Waals surface area contributed by atoms with Crippen molar-refractivity contribution in [2.24, 2.45) is 5.73 Å². The molecule has 0 aliphatic heterocycles. The molecule has 20 heavy (non-hydrogen) atoms. The van der Waals surface area contributed by atoms with Crippen LogP contribution in [0.25, 0.3) is 0 Å². The van der Waals surface area contributed by atoms with Crippen LogP contribution in [-0.4, -0.2) is 13.6 Å². The van der Waals surface area contributed by atoms with E-state index in [4.69, 9.17) is 17.3 Å². The van der Waals surface area contributed by atoms with Crippen LogP contribution >= 0.6 is 11.6 Å². The fourth-order valence-electron chi connectivity index (χ4n) is 2.35. The van der Waals surface area contributed by atoms with Crippen molar-refractivity contribution >= 4 is 17.3 Å². The van der Waals surface area contributed by atoms with E-state index in [1.165, 1.54) is 16.8 Å². The fourth-order valence-corrected chi connectivity index (χ4v) is 2.48. The monoisotopic (exact) mass is 288 g/mol. The van der Waals surface area contributed by atoms with Crippen molar-refractivity contribution in [3.8, 4) is 0 Å². The van der Waals surface area contributed by atoms with E-state index in [1.54, 1.807) is 0 Å². The molecule has 0 aliphatic carbocycles. The van der Waals surface area contributed by atoms with Gasteiger partial charge in [0.2, 0.25) is 0 Å². The van der Waals surface area contributed by atoms with Crippen LogP contribution in [0.2, 0.25) is 5.02 Å². The maximum absolute atomic E-state index is 5.96. The molecule has 1 unspecified atom stereocenters. The lowest BCUT2D eigenvalue weighted by Crippen LogP contribution is -2.30. The van der Waals surface area contributed by atoms with Gasteiger partial charge >= 0.3 is 0 Å². The molecule has 2 rings (SSSR count). The van der Waals surface area contributed by atoms with E-state index < -0.39 is 0 Å². The van der Waals surface area contributed by atoms with Gasteiger partial charge in [-0.3, -0.25) is 0 Å². The van der Waals surface area contributed by atoms with Crippen molar-refractivity contribution in [3.05, 3.63) is 64.7 Å². The SMILES string of the molecule is CCc1ccc(N(C)C(CN)c2ccc(Cl)cc2)cc1. The van der Waals surface area contributed by atoms with Gasteiger partial charge in [0.25, 0.3) is 0 Å². The van der Waals surface area contributed by atoms with Gasteiger partial charge in [-0.2, -0.15) is 0 Å². The molecule has 0 aliphatic rings. The van der Waals surface area contributed by atoms with Crippen molar-refractivity contribution in [1.29, 1.82) is 0 Å². The molecule has 0 heterocycles. The maximum atomic E-state index is 5.96. The Morgan fingerprint density at radius 3 is 2.15 bits per heavy atom. The molecule has 0 aromatic heterocycles.